The monoisotopic (exact) mass is 271 g/mol. The normalized spacial score (nSPS) is 11.6. The van der Waals surface area contributed by atoms with Crippen molar-refractivity contribution in [3.63, 3.8) is 0 Å². The van der Waals surface area contributed by atoms with Gasteiger partial charge >= 0.3 is 6.18 Å². The van der Waals surface area contributed by atoms with E-state index in [9.17, 15) is 13.2 Å². The van der Waals surface area contributed by atoms with Crippen molar-refractivity contribution in [3.05, 3.63) is 53.9 Å². The average Bonchev–Trinajstić information content (AvgIpc) is 2.38. The molecular weight excluding hydrogens is 263 g/mol. The highest BCUT2D eigenvalue weighted by Gasteiger charge is 2.34. The van der Waals surface area contributed by atoms with Gasteiger partial charge in [0.1, 0.15) is 0 Å². The summed E-state index contributed by atoms with van der Waals surface area (Å²) in [6, 6.07) is 9.77. The first-order chi connectivity index (χ1) is 8.52. The molecule has 0 N–H and O–H groups in total. The maximum absolute atomic E-state index is 12.9. The molecule has 0 unspecified atom stereocenters. The lowest BCUT2D eigenvalue weighted by molar-refractivity contribution is -0.137. The summed E-state index contributed by atoms with van der Waals surface area (Å²) >= 11 is 5.61. The third-order valence-electron chi connectivity index (χ3n) is 2.49. The third-order valence-corrected chi connectivity index (χ3v) is 2.76. The molecule has 0 amide bonds. The molecular formula is C13H9ClF3N. The quantitative estimate of drug-likeness (QED) is 0.733. The SMILES string of the molecule is FC(F)(F)c1cnc(CCl)cc1-c1ccccc1. The van der Waals surface area contributed by atoms with Crippen LogP contribution in [0.15, 0.2) is 42.6 Å². The Hall–Kier alpha value is -1.55. The maximum atomic E-state index is 12.9. The first kappa shape index (κ1) is 12.9. The molecule has 1 aromatic heterocycles. The molecule has 1 aromatic carbocycles. The van der Waals surface area contributed by atoms with E-state index in [1.54, 1.807) is 30.3 Å². The highest BCUT2D eigenvalue weighted by Crippen LogP contribution is 2.36. The fourth-order valence-electron chi connectivity index (χ4n) is 1.65. The highest BCUT2D eigenvalue weighted by atomic mass is 35.5. The summed E-state index contributed by atoms with van der Waals surface area (Å²) in [4.78, 5) is 3.70. The molecule has 0 radical (unpaired) electrons. The second kappa shape index (κ2) is 4.98. The van der Waals surface area contributed by atoms with Gasteiger partial charge in [0.25, 0.3) is 0 Å². The minimum absolute atomic E-state index is 0.0813. The van der Waals surface area contributed by atoms with Gasteiger partial charge in [0, 0.05) is 6.20 Å². The Balaban J connectivity index is 2.62. The minimum atomic E-state index is -4.43. The lowest BCUT2D eigenvalue weighted by Gasteiger charge is -2.13. The Morgan fingerprint density at radius 3 is 2.33 bits per heavy atom. The van der Waals surface area contributed by atoms with E-state index in [1.165, 1.54) is 6.07 Å². The second-order valence-electron chi connectivity index (χ2n) is 3.72. The first-order valence-electron chi connectivity index (χ1n) is 5.20. The van der Waals surface area contributed by atoms with Crippen LogP contribution in [0.4, 0.5) is 13.2 Å². The number of benzene rings is 1. The van der Waals surface area contributed by atoms with Gasteiger partial charge in [-0.05, 0) is 17.2 Å². The zero-order valence-electron chi connectivity index (χ0n) is 9.21. The zero-order chi connectivity index (χ0) is 13.2. The van der Waals surface area contributed by atoms with Crippen LogP contribution in [0.3, 0.4) is 0 Å². The predicted molar refractivity (Wildman–Crippen MR) is 64.2 cm³/mol. The molecule has 18 heavy (non-hydrogen) atoms. The van der Waals surface area contributed by atoms with Crippen LogP contribution in [0, 0.1) is 0 Å². The first-order valence-corrected chi connectivity index (χ1v) is 5.73. The molecule has 1 heterocycles. The van der Waals surface area contributed by atoms with Crippen molar-refractivity contribution in [1.29, 1.82) is 0 Å². The van der Waals surface area contributed by atoms with E-state index in [2.05, 4.69) is 4.98 Å². The molecule has 0 atom stereocenters. The van der Waals surface area contributed by atoms with Crippen molar-refractivity contribution < 1.29 is 13.2 Å². The van der Waals surface area contributed by atoms with Gasteiger partial charge in [0.2, 0.25) is 0 Å². The highest BCUT2D eigenvalue weighted by molar-refractivity contribution is 6.16. The van der Waals surface area contributed by atoms with Gasteiger partial charge in [-0.15, -0.1) is 11.6 Å². The lowest BCUT2D eigenvalue weighted by atomic mass is 10.0. The van der Waals surface area contributed by atoms with E-state index < -0.39 is 11.7 Å². The number of hydrogen-bond donors (Lipinski definition) is 0. The molecule has 1 nitrogen and oxygen atoms in total. The molecule has 0 bridgehead atoms. The molecule has 0 saturated heterocycles. The average molecular weight is 272 g/mol. The Labute approximate surface area is 107 Å². The molecule has 0 spiro atoms. The fraction of sp³-hybridized carbons (Fsp3) is 0.154. The van der Waals surface area contributed by atoms with Gasteiger partial charge in [-0.25, -0.2) is 0 Å². The van der Waals surface area contributed by atoms with E-state index in [4.69, 9.17) is 11.6 Å². The molecule has 0 saturated carbocycles. The maximum Gasteiger partial charge on any atom is 0.418 e. The standard InChI is InChI=1S/C13H9ClF3N/c14-7-10-6-11(9-4-2-1-3-5-9)12(8-18-10)13(15,16)17/h1-6,8H,7H2. The van der Waals surface area contributed by atoms with E-state index >= 15 is 0 Å². The summed E-state index contributed by atoms with van der Waals surface area (Å²) in [5, 5.41) is 0. The number of rotatable bonds is 2. The number of halogens is 4. The van der Waals surface area contributed by atoms with E-state index in [-0.39, 0.29) is 11.4 Å². The Bertz CT molecular complexity index is 538. The summed E-state index contributed by atoms with van der Waals surface area (Å²) in [5.41, 5.74) is 0.276. The predicted octanol–water partition coefficient (Wildman–Crippen LogP) is 4.51. The summed E-state index contributed by atoms with van der Waals surface area (Å²) in [5.74, 6) is 0.0813. The van der Waals surface area contributed by atoms with Gasteiger partial charge in [-0.2, -0.15) is 13.2 Å². The van der Waals surface area contributed by atoms with Gasteiger partial charge in [-0.3, -0.25) is 4.98 Å². The number of nitrogens with zero attached hydrogens (tertiary/aromatic N) is 1. The molecule has 0 aliphatic rings. The number of aromatic nitrogens is 1. The van der Waals surface area contributed by atoms with Gasteiger partial charge in [0.15, 0.2) is 0 Å². The number of alkyl halides is 4. The van der Waals surface area contributed by atoms with Crippen LogP contribution in [0.5, 0.6) is 0 Å². The Morgan fingerprint density at radius 1 is 1.11 bits per heavy atom. The summed E-state index contributed by atoms with van der Waals surface area (Å²) in [6.07, 6.45) is -3.59. The summed E-state index contributed by atoms with van der Waals surface area (Å²) in [6.45, 7) is 0. The Kier molecular flexibility index (Phi) is 3.57. The van der Waals surface area contributed by atoms with Crippen molar-refractivity contribution in [2.45, 2.75) is 12.1 Å². The van der Waals surface area contributed by atoms with Gasteiger partial charge in [0.05, 0.1) is 17.1 Å². The number of hydrogen-bond acceptors (Lipinski definition) is 1. The summed E-state index contributed by atoms with van der Waals surface area (Å²) < 4.78 is 38.7. The smallest absolute Gasteiger partial charge is 0.259 e. The molecule has 0 fully saturated rings. The Morgan fingerprint density at radius 2 is 1.78 bits per heavy atom. The van der Waals surface area contributed by atoms with E-state index in [0.29, 0.717) is 11.3 Å². The molecule has 2 aromatic rings. The molecule has 5 heteroatoms. The minimum Gasteiger partial charge on any atom is -0.259 e. The van der Waals surface area contributed by atoms with E-state index in [1.807, 2.05) is 0 Å². The third kappa shape index (κ3) is 2.64. The van der Waals surface area contributed by atoms with Crippen LogP contribution in [-0.4, -0.2) is 4.98 Å². The van der Waals surface area contributed by atoms with Crippen LogP contribution in [-0.2, 0) is 12.1 Å². The molecule has 2 rings (SSSR count). The molecule has 0 aliphatic heterocycles. The van der Waals surface area contributed by atoms with Crippen LogP contribution >= 0.6 is 11.6 Å². The van der Waals surface area contributed by atoms with Crippen molar-refractivity contribution in [2.75, 3.05) is 0 Å². The van der Waals surface area contributed by atoms with Crippen LogP contribution < -0.4 is 0 Å². The van der Waals surface area contributed by atoms with Gasteiger partial charge < -0.3 is 0 Å². The lowest BCUT2D eigenvalue weighted by Crippen LogP contribution is -2.08. The molecule has 94 valence electrons. The largest absolute Gasteiger partial charge is 0.418 e. The van der Waals surface area contributed by atoms with Crippen molar-refractivity contribution in [1.82, 2.24) is 4.98 Å². The topological polar surface area (TPSA) is 12.9 Å². The molecule has 0 aliphatic carbocycles. The van der Waals surface area contributed by atoms with Crippen LogP contribution in [0.1, 0.15) is 11.3 Å². The van der Waals surface area contributed by atoms with E-state index in [0.717, 1.165) is 6.20 Å². The second-order valence-corrected chi connectivity index (χ2v) is 3.99. The summed E-state index contributed by atoms with van der Waals surface area (Å²) in [7, 11) is 0. The fourth-order valence-corrected chi connectivity index (χ4v) is 1.80. The van der Waals surface area contributed by atoms with Gasteiger partial charge in [-0.1, -0.05) is 30.3 Å². The van der Waals surface area contributed by atoms with Crippen LogP contribution in [0.2, 0.25) is 0 Å². The van der Waals surface area contributed by atoms with Crippen molar-refractivity contribution >= 4 is 11.6 Å². The van der Waals surface area contributed by atoms with Crippen molar-refractivity contribution in [3.8, 4) is 11.1 Å². The van der Waals surface area contributed by atoms with Crippen LogP contribution in [0.25, 0.3) is 11.1 Å². The van der Waals surface area contributed by atoms with Crippen molar-refractivity contribution in [2.24, 2.45) is 0 Å². The zero-order valence-corrected chi connectivity index (χ0v) is 9.96. The number of pyridine rings is 1.